The average Bonchev–Trinajstić information content (AvgIpc) is 3.51. The number of methoxy groups -OCH3 is 1. The van der Waals surface area contributed by atoms with Crippen molar-refractivity contribution in [2.45, 2.75) is 76.4 Å². The number of carbonyl (C=O) groups is 2. The van der Waals surface area contributed by atoms with Crippen LogP contribution in [0.3, 0.4) is 0 Å². The summed E-state index contributed by atoms with van der Waals surface area (Å²) in [5.41, 5.74) is 1.35. The first-order chi connectivity index (χ1) is 19.8. The number of rotatable bonds is 9. The maximum absolute atomic E-state index is 13.4. The minimum atomic E-state index is -0.464. The lowest BCUT2D eigenvalue weighted by molar-refractivity contribution is -0.120. The standard InChI is InChI=1S/C30H43N7O4/c1-5-23-28(40)36(3)24-18-32-29(34-26(24)37(23)21-8-6-7-9-21)33-22-11-10-20(16-25(22)41-4)27(39)35-30(13-15-38)12-14-31-17-19(30)2/h10-11,16,18-19,21,23,31,38H,5-9,12-15,17H2,1-4H3,(H,35,39)(H,32,33,34)/t19?,23-,30?/m1/s1. The molecule has 0 bridgehead atoms. The number of benzene rings is 1. The van der Waals surface area contributed by atoms with E-state index >= 15 is 0 Å². The van der Waals surface area contributed by atoms with Gasteiger partial charge in [-0.3, -0.25) is 9.59 Å². The van der Waals surface area contributed by atoms with Gasteiger partial charge in [0.25, 0.3) is 5.91 Å². The Bertz CT molecular complexity index is 1260. The number of piperidine rings is 1. The molecule has 0 spiro atoms. The Morgan fingerprint density at radius 3 is 2.76 bits per heavy atom. The third-order valence-corrected chi connectivity index (χ3v) is 9.18. The number of anilines is 4. The molecule has 3 aliphatic rings. The first kappa shape index (κ1) is 29.1. The molecule has 2 fully saturated rings. The highest BCUT2D eigenvalue weighted by Gasteiger charge is 2.42. The zero-order valence-electron chi connectivity index (χ0n) is 24.6. The van der Waals surface area contributed by atoms with Crippen molar-refractivity contribution in [1.29, 1.82) is 0 Å². The summed E-state index contributed by atoms with van der Waals surface area (Å²) in [6, 6.07) is 5.28. The van der Waals surface area contributed by atoms with E-state index in [1.807, 2.05) is 6.92 Å². The fourth-order valence-corrected chi connectivity index (χ4v) is 6.69. The van der Waals surface area contributed by atoms with Gasteiger partial charge in [-0.05, 0) is 69.3 Å². The molecule has 4 N–H and O–H groups in total. The number of nitrogens with one attached hydrogen (secondary N) is 3. The van der Waals surface area contributed by atoms with Crippen molar-refractivity contribution >= 4 is 35.0 Å². The Morgan fingerprint density at radius 1 is 1.29 bits per heavy atom. The number of carbonyl (C=O) groups excluding carboxylic acids is 2. The van der Waals surface area contributed by atoms with Crippen LogP contribution in [0.25, 0.3) is 0 Å². The third-order valence-electron chi connectivity index (χ3n) is 9.18. The lowest BCUT2D eigenvalue weighted by atomic mass is 9.77. The number of amides is 2. The predicted octanol–water partition coefficient (Wildman–Crippen LogP) is 3.21. The number of aliphatic hydroxyl groups excluding tert-OH is 1. The van der Waals surface area contributed by atoms with Crippen molar-refractivity contribution in [3.8, 4) is 5.75 Å². The van der Waals surface area contributed by atoms with Gasteiger partial charge in [-0.25, -0.2) is 4.98 Å². The summed E-state index contributed by atoms with van der Waals surface area (Å²) >= 11 is 0. The highest BCUT2D eigenvalue weighted by Crippen LogP contribution is 2.40. The largest absolute Gasteiger partial charge is 0.495 e. The number of ether oxygens (including phenoxy) is 1. The molecule has 41 heavy (non-hydrogen) atoms. The second-order valence-electron chi connectivity index (χ2n) is 11.5. The van der Waals surface area contributed by atoms with Crippen LogP contribution < -0.4 is 30.5 Å². The zero-order valence-corrected chi connectivity index (χ0v) is 24.6. The van der Waals surface area contributed by atoms with Crippen LogP contribution in [-0.2, 0) is 4.79 Å². The topological polar surface area (TPSA) is 132 Å². The van der Waals surface area contributed by atoms with Crippen LogP contribution in [0.2, 0.25) is 0 Å². The number of hydrogen-bond acceptors (Lipinski definition) is 9. The minimum absolute atomic E-state index is 0.0126. The molecule has 222 valence electrons. The second kappa shape index (κ2) is 12.2. The lowest BCUT2D eigenvalue weighted by Gasteiger charge is -2.43. The predicted molar refractivity (Wildman–Crippen MR) is 159 cm³/mol. The molecule has 2 aliphatic heterocycles. The van der Waals surface area contributed by atoms with E-state index in [4.69, 9.17) is 9.72 Å². The van der Waals surface area contributed by atoms with Gasteiger partial charge in [0.15, 0.2) is 5.82 Å². The molecule has 11 heteroatoms. The van der Waals surface area contributed by atoms with E-state index in [0.29, 0.717) is 41.5 Å². The summed E-state index contributed by atoms with van der Waals surface area (Å²) in [7, 11) is 3.35. The maximum Gasteiger partial charge on any atom is 0.251 e. The van der Waals surface area contributed by atoms with Crippen LogP contribution in [-0.4, -0.2) is 78.4 Å². The van der Waals surface area contributed by atoms with Crippen LogP contribution in [0, 0.1) is 5.92 Å². The van der Waals surface area contributed by atoms with Crippen molar-refractivity contribution in [2.75, 3.05) is 49.0 Å². The molecule has 1 aliphatic carbocycles. The van der Waals surface area contributed by atoms with Gasteiger partial charge in [-0.15, -0.1) is 0 Å². The van der Waals surface area contributed by atoms with E-state index in [-0.39, 0.29) is 36.4 Å². The van der Waals surface area contributed by atoms with Gasteiger partial charge in [0, 0.05) is 30.8 Å². The molecule has 1 aromatic carbocycles. The summed E-state index contributed by atoms with van der Waals surface area (Å²) in [6.07, 6.45) is 8.07. The van der Waals surface area contributed by atoms with E-state index in [0.717, 1.165) is 51.0 Å². The van der Waals surface area contributed by atoms with Crippen LogP contribution in [0.1, 0.15) is 69.2 Å². The van der Waals surface area contributed by atoms with Gasteiger partial charge in [0.1, 0.15) is 17.5 Å². The first-order valence-electron chi connectivity index (χ1n) is 14.8. The molecular weight excluding hydrogens is 522 g/mol. The summed E-state index contributed by atoms with van der Waals surface area (Å²) in [4.78, 5) is 39.9. The highest BCUT2D eigenvalue weighted by atomic mass is 16.5. The van der Waals surface area contributed by atoms with Gasteiger partial charge in [0.05, 0.1) is 19.0 Å². The lowest BCUT2D eigenvalue weighted by Crippen LogP contribution is -2.60. The fourth-order valence-electron chi connectivity index (χ4n) is 6.69. The SMILES string of the molecule is CC[C@@H]1C(=O)N(C)c2cnc(Nc3ccc(C(=O)NC4(CCO)CCNCC4C)cc3OC)nc2N1C1CCCC1. The van der Waals surface area contributed by atoms with Gasteiger partial charge in [-0.1, -0.05) is 26.7 Å². The van der Waals surface area contributed by atoms with Crippen molar-refractivity contribution in [1.82, 2.24) is 20.6 Å². The Morgan fingerprint density at radius 2 is 2.07 bits per heavy atom. The molecule has 2 unspecified atom stereocenters. The van der Waals surface area contributed by atoms with E-state index < -0.39 is 5.54 Å². The number of likely N-dealkylation sites (N-methyl/N-ethyl adjacent to an activating group) is 1. The van der Waals surface area contributed by atoms with Crippen LogP contribution >= 0.6 is 0 Å². The van der Waals surface area contributed by atoms with Gasteiger partial charge in [-0.2, -0.15) is 4.98 Å². The Labute approximate surface area is 242 Å². The number of nitrogens with zero attached hydrogens (tertiary/aromatic N) is 4. The molecule has 3 atom stereocenters. The maximum atomic E-state index is 13.4. The van der Waals surface area contributed by atoms with E-state index in [1.165, 1.54) is 0 Å². The molecule has 11 nitrogen and oxygen atoms in total. The smallest absolute Gasteiger partial charge is 0.251 e. The average molecular weight is 566 g/mol. The summed E-state index contributed by atoms with van der Waals surface area (Å²) in [6.45, 7) is 5.73. The number of aliphatic hydroxyl groups is 1. The van der Waals surface area contributed by atoms with E-state index in [9.17, 15) is 14.7 Å². The van der Waals surface area contributed by atoms with Crippen molar-refractivity contribution in [3.63, 3.8) is 0 Å². The third kappa shape index (κ3) is 5.57. The van der Waals surface area contributed by atoms with Gasteiger partial charge >= 0.3 is 0 Å². The van der Waals surface area contributed by atoms with Crippen LogP contribution in [0.4, 0.5) is 23.1 Å². The van der Waals surface area contributed by atoms with Gasteiger partial charge in [0.2, 0.25) is 11.9 Å². The van der Waals surface area contributed by atoms with E-state index in [2.05, 4.69) is 32.8 Å². The van der Waals surface area contributed by atoms with Crippen LogP contribution in [0.5, 0.6) is 5.75 Å². The molecule has 1 aromatic heterocycles. The Hall–Kier alpha value is -3.44. The second-order valence-corrected chi connectivity index (χ2v) is 11.5. The number of hydrogen-bond donors (Lipinski definition) is 4. The molecule has 5 rings (SSSR count). The molecule has 2 amide bonds. The van der Waals surface area contributed by atoms with Crippen molar-refractivity contribution < 1.29 is 19.4 Å². The molecule has 1 saturated heterocycles. The molecule has 3 heterocycles. The van der Waals surface area contributed by atoms with Crippen molar-refractivity contribution in [3.05, 3.63) is 30.0 Å². The monoisotopic (exact) mass is 565 g/mol. The summed E-state index contributed by atoms with van der Waals surface area (Å²) in [5.74, 6) is 1.70. The van der Waals surface area contributed by atoms with Crippen LogP contribution in [0.15, 0.2) is 24.4 Å². The highest BCUT2D eigenvalue weighted by molar-refractivity contribution is 6.04. The number of aromatic nitrogens is 2. The zero-order chi connectivity index (χ0) is 29.1. The van der Waals surface area contributed by atoms with Crippen molar-refractivity contribution in [2.24, 2.45) is 5.92 Å². The van der Waals surface area contributed by atoms with E-state index in [1.54, 1.807) is 43.5 Å². The molecule has 0 radical (unpaired) electrons. The molecular formula is C30H43N7O4. The minimum Gasteiger partial charge on any atom is -0.495 e. The quantitative estimate of drug-likeness (QED) is 0.362. The summed E-state index contributed by atoms with van der Waals surface area (Å²) in [5, 5.41) is 19.6. The Kier molecular flexibility index (Phi) is 8.65. The first-order valence-corrected chi connectivity index (χ1v) is 14.8. The Balaban J connectivity index is 1.40. The summed E-state index contributed by atoms with van der Waals surface area (Å²) < 4.78 is 5.66. The fraction of sp³-hybridized carbons (Fsp3) is 0.600. The normalized spacial score (nSPS) is 24.8. The molecule has 1 saturated carbocycles. The molecule has 2 aromatic rings. The van der Waals surface area contributed by atoms with Gasteiger partial charge < -0.3 is 35.6 Å². The number of fused-ring (bicyclic) bond motifs is 1.